The van der Waals surface area contributed by atoms with Gasteiger partial charge in [-0.25, -0.2) is 4.98 Å². The molecule has 1 aliphatic rings. The molecule has 2 rings (SSSR count). The molecule has 1 fully saturated rings. The molecule has 1 aromatic heterocycles. The summed E-state index contributed by atoms with van der Waals surface area (Å²) >= 11 is 0. The minimum Gasteiger partial charge on any atom is -0.376 e. The smallest absolute Gasteiger partial charge is 0.257 e. The summed E-state index contributed by atoms with van der Waals surface area (Å²) in [5.41, 5.74) is 0.0841. The number of piperidine rings is 1. The van der Waals surface area contributed by atoms with Gasteiger partial charge in [0.1, 0.15) is 5.82 Å². The summed E-state index contributed by atoms with van der Waals surface area (Å²) < 4.78 is 5.74. The minimum absolute atomic E-state index is 0.0143. The number of aromatic nitrogens is 1. The number of hydrogen-bond donors (Lipinski definition) is 2. The highest BCUT2D eigenvalue weighted by atomic mass is 16.5. The van der Waals surface area contributed by atoms with Gasteiger partial charge in [0, 0.05) is 46.9 Å². The minimum atomic E-state index is -0.470. The molecule has 1 aromatic rings. The molecule has 132 valence electrons. The maximum absolute atomic E-state index is 12.9. The van der Waals surface area contributed by atoms with Crippen LogP contribution in [0.2, 0.25) is 0 Å². The Balaban J connectivity index is 2.13. The second-order valence-electron chi connectivity index (χ2n) is 6.04. The average molecular weight is 334 g/mol. The van der Waals surface area contributed by atoms with E-state index < -0.39 is 5.60 Å². The predicted octanol–water partition coefficient (Wildman–Crippen LogP) is 1.27. The first-order valence-corrected chi connectivity index (χ1v) is 8.23. The molecule has 0 spiro atoms. The van der Waals surface area contributed by atoms with Gasteiger partial charge in [-0.3, -0.25) is 9.59 Å². The Bertz CT molecular complexity index is 593. The predicted molar refractivity (Wildman–Crippen MR) is 92.0 cm³/mol. The lowest BCUT2D eigenvalue weighted by atomic mass is 9.87. The van der Waals surface area contributed by atoms with Gasteiger partial charge in [-0.1, -0.05) is 0 Å². The van der Waals surface area contributed by atoms with Crippen LogP contribution in [0.3, 0.4) is 0 Å². The summed E-state index contributed by atoms with van der Waals surface area (Å²) in [5.74, 6) is 0.495. The summed E-state index contributed by atoms with van der Waals surface area (Å²) in [7, 11) is 5.03. The molecule has 1 atom stereocenters. The van der Waals surface area contributed by atoms with Crippen molar-refractivity contribution in [3.05, 3.63) is 23.9 Å². The van der Waals surface area contributed by atoms with Gasteiger partial charge in [0.15, 0.2) is 0 Å². The molecule has 2 heterocycles. The van der Waals surface area contributed by atoms with E-state index in [0.717, 1.165) is 12.8 Å². The largest absolute Gasteiger partial charge is 0.376 e. The summed E-state index contributed by atoms with van der Waals surface area (Å²) in [6, 6.07) is 3.53. The molecule has 2 amide bonds. The third kappa shape index (κ3) is 4.03. The van der Waals surface area contributed by atoms with Crippen molar-refractivity contribution >= 4 is 17.6 Å². The zero-order chi connectivity index (χ0) is 17.6. The van der Waals surface area contributed by atoms with Crippen molar-refractivity contribution in [2.75, 3.05) is 39.6 Å². The van der Waals surface area contributed by atoms with Crippen molar-refractivity contribution in [3.63, 3.8) is 0 Å². The van der Waals surface area contributed by atoms with E-state index in [0.29, 0.717) is 37.3 Å². The molecule has 7 heteroatoms. The van der Waals surface area contributed by atoms with Gasteiger partial charge in [-0.05, 0) is 31.4 Å². The topological polar surface area (TPSA) is 83.6 Å². The first-order valence-electron chi connectivity index (χ1n) is 8.23. The SMILES string of the molecule is CNC(=O)CCC1(OC)CCCN(C(=O)c2cccnc2NC)C1. The fourth-order valence-electron chi connectivity index (χ4n) is 3.16. The lowest BCUT2D eigenvalue weighted by Gasteiger charge is -2.42. The Morgan fingerprint density at radius 3 is 2.88 bits per heavy atom. The van der Waals surface area contributed by atoms with E-state index in [1.807, 2.05) is 0 Å². The molecule has 0 radical (unpaired) electrons. The highest BCUT2D eigenvalue weighted by molar-refractivity contribution is 5.98. The van der Waals surface area contributed by atoms with Crippen molar-refractivity contribution in [2.45, 2.75) is 31.3 Å². The molecular formula is C17H26N4O3. The number of carbonyl (C=O) groups excluding carboxylic acids is 2. The fourth-order valence-corrected chi connectivity index (χ4v) is 3.16. The molecule has 0 aliphatic carbocycles. The van der Waals surface area contributed by atoms with E-state index in [9.17, 15) is 9.59 Å². The Hall–Kier alpha value is -2.15. The number of ether oxygens (including phenoxy) is 1. The molecule has 0 aromatic carbocycles. The quantitative estimate of drug-likeness (QED) is 0.818. The van der Waals surface area contributed by atoms with Crippen LogP contribution in [0.4, 0.5) is 5.82 Å². The maximum Gasteiger partial charge on any atom is 0.257 e. The lowest BCUT2D eigenvalue weighted by molar-refractivity contribution is -0.123. The molecule has 1 aliphatic heterocycles. The number of methoxy groups -OCH3 is 1. The molecule has 1 unspecified atom stereocenters. The number of rotatable bonds is 6. The molecule has 2 N–H and O–H groups in total. The summed E-state index contributed by atoms with van der Waals surface area (Å²) in [6.45, 7) is 1.17. The van der Waals surface area contributed by atoms with Crippen LogP contribution in [0, 0.1) is 0 Å². The number of nitrogens with one attached hydrogen (secondary N) is 2. The van der Waals surface area contributed by atoms with Crippen LogP contribution >= 0.6 is 0 Å². The Morgan fingerprint density at radius 1 is 1.42 bits per heavy atom. The molecule has 7 nitrogen and oxygen atoms in total. The second-order valence-corrected chi connectivity index (χ2v) is 6.04. The van der Waals surface area contributed by atoms with E-state index in [-0.39, 0.29) is 11.8 Å². The number of amides is 2. The highest BCUT2D eigenvalue weighted by Crippen LogP contribution is 2.30. The number of carbonyl (C=O) groups is 2. The molecule has 0 bridgehead atoms. The number of anilines is 1. The third-order valence-corrected chi connectivity index (χ3v) is 4.62. The third-order valence-electron chi connectivity index (χ3n) is 4.62. The fraction of sp³-hybridized carbons (Fsp3) is 0.588. The van der Waals surface area contributed by atoms with Gasteiger partial charge in [0.25, 0.3) is 5.91 Å². The number of likely N-dealkylation sites (tertiary alicyclic amines) is 1. The first kappa shape index (κ1) is 18.2. The van der Waals surface area contributed by atoms with E-state index in [2.05, 4.69) is 15.6 Å². The summed E-state index contributed by atoms with van der Waals surface area (Å²) in [4.78, 5) is 30.5. The van der Waals surface area contributed by atoms with Gasteiger partial charge < -0.3 is 20.3 Å². The van der Waals surface area contributed by atoms with E-state index in [4.69, 9.17) is 4.74 Å². The first-order chi connectivity index (χ1) is 11.5. The zero-order valence-corrected chi connectivity index (χ0v) is 14.6. The van der Waals surface area contributed by atoms with Crippen LogP contribution in [-0.4, -0.2) is 61.6 Å². The van der Waals surface area contributed by atoms with Crippen molar-refractivity contribution in [1.29, 1.82) is 0 Å². The normalized spacial score (nSPS) is 20.5. The standard InChI is InChI=1S/C17H26N4O3/c1-18-14(22)7-9-17(24-3)8-5-11-21(12-17)16(23)13-6-4-10-20-15(13)19-2/h4,6,10H,5,7-9,11-12H2,1-3H3,(H,18,22)(H,19,20). The number of pyridine rings is 1. The van der Waals surface area contributed by atoms with Crippen LogP contribution in [0.25, 0.3) is 0 Å². The van der Waals surface area contributed by atoms with Gasteiger partial charge in [0.05, 0.1) is 11.2 Å². The number of hydrogen-bond acceptors (Lipinski definition) is 5. The molecular weight excluding hydrogens is 308 g/mol. The van der Waals surface area contributed by atoms with Crippen LogP contribution in [0.5, 0.6) is 0 Å². The molecule has 0 saturated carbocycles. The van der Waals surface area contributed by atoms with Gasteiger partial charge in [-0.15, -0.1) is 0 Å². The summed E-state index contributed by atoms with van der Waals surface area (Å²) in [6.07, 6.45) is 4.33. The zero-order valence-electron chi connectivity index (χ0n) is 14.6. The lowest BCUT2D eigenvalue weighted by Crippen LogP contribution is -2.51. The van der Waals surface area contributed by atoms with Crippen molar-refractivity contribution in [3.8, 4) is 0 Å². The van der Waals surface area contributed by atoms with Gasteiger partial charge in [-0.2, -0.15) is 0 Å². The van der Waals surface area contributed by atoms with E-state index in [1.165, 1.54) is 0 Å². The van der Waals surface area contributed by atoms with E-state index >= 15 is 0 Å². The Labute approximate surface area is 142 Å². The maximum atomic E-state index is 12.9. The molecule has 24 heavy (non-hydrogen) atoms. The van der Waals surface area contributed by atoms with Crippen LogP contribution in [0.15, 0.2) is 18.3 Å². The van der Waals surface area contributed by atoms with Crippen LogP contribution in [-0.2, 0) is 9.53 Å². The van der Waals surface area contributed by atoms with Crippen LogP contribution in [0.1, 0.15) is 36.0 Å². The Kier molecular flexibility index (Phi) is 6.14. The van der Waals surface area contributed by atoms with Gasteiger partial charge >= 0.3 is 0 Å². The second kappa shape index (κ2) is 8.10. The van der Waals surface area contributed by atoms with Crippen molar-refractivity contribution < 1.29 is 14.3 Å². The van der Waals surface area contributed by atoms with Gasteiger partial charge in [0.2, 0.25) is 5.91 Å². The van der Waals surface area contributed by atoms with Crippen LogP contribution < -0.4 is 10.6 Å². The average Bonchev–Trinajstić information content (AvgIpc) is 2.65. The summed E-state index contributed by atoms with van der Waals surface area (Å²) in [5, 5.41) is 5.58. The monoisotopic (exact) mass is 334 g/mol. The number of nitrogens with zero attached hydrogens (tertiary/aromatic N) is 2. The highest BCUT2D eigenvalue weighted by Gasteiger charge is 2.38. The molecule has 1 saturated heterocycles. The van der Waals surface area contributed by atoms with Crippen molar-refractivity contribution in [2.24, 2.45) is 0 Å². The van der Waals surface area contributed by atoms with Crippen molar-refractivity contribution in [1.82, 2.24) is 15.2 Å². The van der Waals surface area contributed by atoms with E-state index in [1.54, 1.807) is 44.4 Å². The Morgan fingerprint density at radius 2 is 2.21 bits per heavy atom.